The molecular formula is C24H16Br2ClN3O3. The highest BCUT2D eigenvalue weighted by Crippen LogP contribution is 2.34. The lowest BCUT2D eigenvalue weighted by Crippen LogP contribution is -2.20. The van der Waals surface area contributed by atoms with Gasteiger partial charge < -0.3 is 15.4 Å². The Balaban J connectivity index is 1.79. The number of para-hydroxylation sites is 1. The zero-order valence-electron chi connectivity index (χ0n) is 16.9. The smallest absolute Gasteiger partial charge is 0.266 e. The summed E-state index contributed by atoms with van der Waals surface area (Å²) >= 11 is 12.7. The quantitative estimate of drug-likeness (QED) is 0.246. The van der Waals surface area contributed by atoms with Crippen LogP contribution in [0, 0.1) is 11.3 Å². The number of nitrogens with one attached hydrogen (secondary N) is 2. The number of carbonyl (C=O) groups excluding carboxylic acids is 2. The first kappa shape index (κ1) is 24.5. The lowest BCUT2D eigenvalue weighted by atomic mass is 10.1. The van der Waals surface area contributed by atoms with E-state index in [1.807, 2.05) is 12.1 Å². The summed E-state index contributed by atoms with van der Waals surface area (Å²) in [4.78, 5) is 24.9. The topological polar surface area (TPSA) is 91.2 Å². The predicted octanol–water partition coefficient (Wildman–Crippen LogP) is 6.43. The monoisotopic (exact) mass is 587 g/mol. The molecule has 0 radical (unpaired) electrons. The molecule has 3 aromatic rings. The highest BCUT2D eigenvalue weighted by molar-refractivity contribution is 9.11. The van der Waals surface area contributed by atoms with Crippen LogP contribution in [0.1, 0.15) is 5.56 Å². The van der Waals surface area contributed by atoms with Gasteiger partial charge in [-0.3, -0.25) is 9.59 Å². The number of benzene rings is 3. The molecule has 0 saturated heterocycles. The second-order valence-corrected chi connectivity index (χ2v) is 8.85. The van der Waals surface area contributed by atoms with Crippen LogP contribution in [0.2, 0.25) is 5.02 Å². The fourth-order valence-electron chi connectivity index (χ4n) is 2.73. The summed E-state index contributed by atoms with van der Waals surface area (Å²) in [6, 6.07) is 20.8. The Hall–Kier alpha value is -3.12. The molecule has 0 aromatic heterocycles. The van der Waals surface area contributed by atoms with Crippen molar-refractivity contribution in [3.05, 3.63) is 91.8 Å². The van der Waals surface area contributed by atoms with Gasteiger partial charge >= 0.3 is 0 Å². The predicted molar refractivity (Wildman–Crippen MR) is 136 cm³/mol. The van der Waals surface area contributed by atoms with Gasteiger partial charge in [-0.25, -0.2) is 0 Å². The number of hydrogen-bond donors (Lipinski definition) is 2. The summed E-state index contributed by atoms with van der Waals surface area (Å²) in [6.07, 6.45) is 1.40. The van der Waals surface area contributed by atoms with E-state index in [1.165, 1.54) is 6.08 Å². The standard InChI is InChI=1S/C24H16Br2ClN3O3/c25-17-11-15(10-16(13-28)24(32)30-19-4-2-1-3-5-19)23(21(26)12-17)33-14-22(31)29-20-8-6-18(27)7-9-20/h1-12H,14H2,(H,29,31)(H,30,32)/b16-10+. The first-order valence-corrected chi connectivity index (χ1v) is 11.5. The summed E-state index contributed by atoms with van der Waals surface area (Å²) in [5.41, 5.74) is 1.45. The van der Waals surface area contributed by atoms with Gasteiger partial charge in [0.1, 0.15) is 17.4 Å². The number of hydrogen-bond acceptors (Lipinski definition) is 4. The van der Waals surface area contributed by atoms with Gasteiger partial charge in [-0.2, -0.15) is 5.26 Å². The van der Waals surface area contributed by atoms with Crippen molar-refractivity contribution in [2.45, 2.75) is 0 Å². The third kappa shape index (κ3) is 7.19. The Morgan fingerprint density at radius 2 is 1.67 bits per heavy atom. The number of nitriles is 1. The molecule has 3 rings (SSSR count). The molecule has 0 aliphatic heterocycles. The SMILES string of the molecule is N#C/C(=C\c1cc(Br)cc(Br)c1OCC(=O)Nc1ccc(Cl)cc1)C(=O)Nc1ccccc1. The maximum absolute atomic E-state index is 12.6. The first-order chi connectivity index (χ1) is 15.9. The highest BCUT2D eigenvalue weighted by atomic mass is 79.9. The van der Waals surface area contributed by atoms with Crippen molar-refractivity contribution >= 4 is 72.7 Å². The van der Waals surface area contributed by atoms with E-state index in [-0.39, 0.29) is 18.1 Å². The Morgan fingerprint density at radius 3 is 2.33 bits per heavy atom. The number of ether oxygens (including phenoxy) is 1. The molecule has 0 fully saturated rings. The molecule has 0 bridgehead atoms. The third-order valence-electron chi connectivity index (χ3n) is 4.21. The van der Waals surface area contributed by atoms with Crippen LogP contribution in [-0.4, -0.2) is 18.4 Å². The van der Waals surface area contributed by atoms with Gasteiger partial charge in [0.15, 0.2) is 6.61 Å². The van der Waals surface area contributed by atoms with E-state index in [2.05, 4.69) is 42.5 Å². The van der Waals surface area contributed by atoms with Crippen molar-refractivity contribution < 1.29 is 14.3 Å². The molecular weight excluding hydrogens is 574 g/mol. The average molecular weight is 590 g/mol. The van der Waals surface area contributed by atoms with Crippen LogP contribution < -0.4 is 15.4 Å². The van der Waals surface area contributed by atoms with E-state index >= 15 is 0 Å². The zero-order valence-corrected chi connectivity index (χ0v) is 20.9. The molecule has 166 valence electrons. The van der Waals surface area contributed by atoms with Crippen molar-refractivity contribution in [1.29, 1.82) is 5.26 Å². The number of nitrogens with zero attached hydrogens (tertiary/aromatic N) is 1. The first-order valence-electron chi connectivity index (χ1n) is 9.51. The minimum absolute atomic E-state index is 0.126. The molecule has 0 spiro atoms. The van der Waals surface area contributed by atoms with Gasteiger partial charge in [-0.1, -0.05) is 45.7 Å². The largest absolute Gasteiger partial charge is 0.482 e. The Bertz CT molecular complexity index is 1240. The van der Waals surface area contributed by atoms with Crippen molar-refractivity contribution in [3.63, 3.8) is 0 Å². The minimum Gasteiger partial charge on any atom is -0.482 e. The Labute approximate surface area is 212 Å². The highest BCUT2D eigenvalue weighted by Gasteiger charge is 2.15. The van der Waals surface area contributed by atoms with Crippen LogP contribution in [0.4, 0.5) is 11.4 Å². The number of anilines is 2. The summed E-state index contributed by atoms with van der Waals surface area (Å²) in [5.74, 6) is -0.639. The summed E-state index contributed by atoms with van der Waals surface area (Å²) < 4.78 is 6.97. The van der Waals surface area contributed by atoms with Gasteiger partial charge in [0.25, 0.3) is 11.8 Å². The van der Waals surface area contributed by atoms with Crippen LogP contribution in [0.3, 0.4) is 0 Å². The molecule has 2 amide bonds. The van der Waals surface area contributed by atoms with Gasteiger partial charge in [-0.05, 0) is 70.5 Å². The maximum Gasteiger partial charge on any atom is 0.266 e. The molecule has 6 nitrogen and oxygen atoms in total. The molecule has 0 unspecified atom stereocenters. The zero-order chi connectivity index (χ0) is 23.8. The van der Waals surface area contributed by atoms with Gasteiger partial charge in [0, 0.05) is 26.4 Å². The van der Waals surface area contributed by atoms with Crippen molar-refractivity contribution in [2.75, 3.05) is 17.2 Å². The van der Waals surface area contributed by atoms with Crippen LogP contribution in [-0.2, 0) is 9.59 Å². The number of carbonyl (C=O) groups is 2. The maximum atomic E-state index is 12.6. The molecule has 2 N–H and O–H groups in total. The number of amides is 2. The minimum atomic E-state index is -0.564. The summed E-state index contributed by atoms with van der Waals surface area (Å²) in [5, 5.41) is 15.5. The lowest BCUT2D eigenvalue weighted by molar-refractivity contribution is -0.118. The molecule has 0 atom stereocenters. The fraction of sp³-hybridized carbons (Fsp3) is 0.0417. The Morgan fingerprint density at radius 1 is 1.00 bits per heavy atom. The summed E-state index contributed by atoms with van der Waals surface area (Å²) in [7, 11) is 0. The van der Waals surface area contributed by atoms with E-state index in [9.17, 15) is 14.9 Å². The van der Waals surface area contributed by atoms with E-state index in [0.29, 0.717) is 36.7 Å². The van der Waals surface area contributed by atoms with Crippen molar-refractivity contribution in [3.8, 4) is 11.8 Å². The lowest BCUT2D eigenvalue weighted by Gasteiger charge is -2.13. The van der Waals surface area contributed by atoms with Crippen LogP contribution in [0.5, 0.6) is 5.75 Å². The third-order valence-corrected chi connectivity index (χ3v) is 5.51. The second kappa shape index (κ2) is 11.7. The van der Waals surface area contributed by atoms with E-state index in [4.69, 9.17) is 16.3 Å². The summed E-state index contributed by atoms with van der Waals surface area (Å²) in [6.45, 7) is -0.290. The van der Waals surface area contributed by atoms with Gasteiger partial charge in [0.05, 0.1) is 4.47 Å². The average Bonchev–Trinajstić information content (AvgIpc) is 2.78. The van der Waals surface area contributed by atoms with E-state index in [1.54, 1.807) is 60.7 Å². The Kier molecular flexibility index (Phi) is 8.66. The van der Waals surface area contributed by atoms with Crippen molar-refractivity contribution in [2.24, 2.45) is 0 Å². The van der Waals surface area contributed by atoms with Crippen LogP contribution in [0.25, 0.3) is 6.08 Å². The molecule has 0 saturated carbocycles. The molecule has 0 heterocycles. The second-order valence-electron chi connectivity index (χ2n) is 6.64. The molecule has 33 heavy (non-hydrogen) atoms. The molecule has 0 aliphatic rings. The van der Waals surface area contributed by atoms with Gasteiger partial charge in [0.2, 0.25) is 0 Å². The normalized spacial score (nSPS) is 10.8. The van der Waals surface area contributed by atoms with Crippen LogP contribution >= 0.6 is 43.5 Å². The van der Waals surface area contributed by atoms with E-state index < -0.39 is 5.91 Å². The molecule has 9 heteroatoms. The number of halogens is 3. The van der Waals surface area contributed by atoms with Crippen molar-refractivity contribution in [1.82, 2.24) is 0 Å². The van der Waals surface area contributed by atoms with Crippen LogP contribution in [0.15, 0.2) is 81.2 Å². The number of rotatable bonds is 7. The fourth-order valence-corrected chi connectivity index (χ4v) is 4.23. The molecule has 3 aromatic carbocycles. The van der Waals surface area contributed by atoms with E-state index in [0.717, 1.165) is 0 Å². The molecule has 0 aliphatic carbocycles. The van der Waals surface area contributed by atoms with Gasteiger partial charge in [-0.15, -0.1) is 0 Å².